The summed E-state index contributed by atoms with van der Waals surface area (Å²) in [5, 5.41) is 4.94. The van der Waals surface area contributed by atoms with Crippen LogP contribution in [0.2, 0.25) is 0 Å². The number of hydrogen-bond donors (Lipinski definition) is 2. The molecule has 2 aromatic rings. The van der Waals surface area contributed by atoms with Crippen LogP contribution >= 0.6 is 0 Å². The molecular formula is C21H24N2O4. The number of hydrogen-bond acceptors (Lipinski definition) is 4. The second-order valence-corrected chi connectivity index (χ2v) is 7.39. The molecule has 27 heavy (non-hydrogen) atoms. The minimum Gasteiger partial charge on any atom is -0.483 e. The van der Waals surface area contributed by atoms with Gasteiger partial charge in [0, 0.05) is 17.7 Å². The van der Waals surface area contributed by atoms with Crippen LogP contribution in [0, 0.1) is 13.8 Å². The minimum atomic E-state index is -0.591. The Balaban J connectivity index is 1.55. The molecule has 0 saturated heterocycles. The van der Waals surface area contributed by atoms with Crippen molar-refractivity contribution < 1.29 is 19.1 Å². The molecule has 0 bridgehead atoms. The predicted molar refractivity (Wildman–Crippen MR) is 103 cm³/mol. The lowest BCUT2D eigenvalue weighted by Crippen LogP contribution is -2.37. The molecule has 0 unspecified atom stereocenters. The van der Waals surface area contributed by atoms with Gasteiger partial charge in [0.2, 0.25) is 0 Å². The summed E-state index contributed by atoms with van der Waals surface area (Å²) in [7, 11) is 0. The van der Waals surface area contributed by atoms with Crippen molar-refractivity contribution in [3.63, 3.8) is 0 Å². The zero-order chi connectivity index (χ0) is 19.6. The first kappa shape index (κ1) is 18.8. The summed E-state index contributed by atoms with van der Waals surface area (Å²) in [5.41, 5.74) is 3.43. The molecule has 1 aliphatic rings. The molecule has 6 heteroatoms. The Morgan fingerprint density at radius 3 is 2.70 bits per heavy atom. The third-order valence-corrected chi connectivity index (χ3v) is 4.30. The SMILES string of the molecule is Cc1ccc(NC(=O)NC(=O)COc2cccc3c2OC(C)(C)C3)c(C)c1. The Labute approximate surface area is 158 Å². The molecule has 0 radical (unpaired) electrons. The van der Waals surface area contributed by atoms with Gasteiger partial charge in [-0.25, -0.2) is 4.79 Å². The zero-order valence-corrected chi connectivity index (χ0v) is 16.0. The van der Waals surface area contributed by atoms with Crippen LogP contribution in [0.5, 0.6) is 11.5 Å². The molecule has 3 rings (SSSR count). The third kappa shape index (κ3) is 4.58. The number of nitrogens with one attached hydrogen (secondary N) is 2. The van der Waals surface area contributed by atoms with Gasteiger partial charge >= 0.3 is 6.03 Å². The van der Waals surface area contributed by atoms with E-state index in [1.165, 1.54) is 0 Å². The number of rotatable bonds is 4. The third-order valence-electron chi connectivity index (χ3n) is 4.30. The summed E-state index contributed by atoms with van der Waals surface area (Å²) in [6.07, 6.45) is 0.782. The van der Waals surface area contributed by atoms with Gasteiger partial charge in [-0.05, 0) is 45.4 Å². The van der Waals surface area contributed by atoms with Crippen molar-refractivity contribution in [2.45, 2.75) is 39.7 Å². The number of urea groups is 1. The summed E-state index contributed by atoms with van der Waals surface area (Å²) < 4.78 is 11.5. The standard InChI is InChI=1S/C21H24N2O4/c1-13-8-9-16(14(2)10-13)22-20(25)23-18(24)12-26-17-7-5-6-15-11-21(3,4)27-19(15)17/h5-10H,11-12H2,1-4H3,(H2,22,23,24,25). The average molecular weight is 368 g/mol. The Morgan fingerprint density at radius 1 is 1.19 bits per heavy atom. The van der Waals surface area contributed by atoms with E-state index in [1.807, 2.05) is 52.0 Å². The summed E-state index contributed by atoms with van der Waals surface area (Å²) >= 11 is 0. The number of para-hydroxylation sites is 1. The summed E-state index contributed by atoms with van der Waals surface area (Å²) in [4.78, 5) is 24.1. The highest BCUT2D eigenvalue weighted by molar-refractivity contribution is 6.01. The first-order chi connectivity index (χ1) is 12.7. The number of benzene rings is 2. The fraction of sp³-hybridized carbons (Fsp3) is 0.333. The molecule has 2 N–H and O–H groups in total. The van der Waals surface area contributed by atoms with Gasteiger partial charge in [-0.1, -0.05) is 29.8 Å². The van der Waals surface area contributed by atoms with Gasteiger partial charge in [0.15, 0.2) is 18.1 Å². The maximum Gasteiger partial charge on any atom is 0.325 e. The molecule has 2 aromatic carbocycles. The van der Waals surface area contributed by atoms with Crippen LogP contribution in [0.4, 0.5) is 10.5 Å². The number of ether oxygens (including phenoxy) is 2. The molecule has 0 spiro atoms. The fourth-order valence-electron chi connectivity index (χ4n) is 3.11. The first-order valence-electron chi connectivity index (χ1n) is 8.85. The van der Waals surface area contributed by atoms with Crippen LogP contribution in [0.15, 0.2) is 36.4 Å². The molecule has 0 aliphatic carbocycles. The summed E-state index contributed by atoms with van der Waals surface area (Å²) in [5.74, 6) is 0.630. The normalized spacial score (nSPS) is 14.1. The van der Waals surface area contributed by atoms with Gasteiger partial charge in [0.05, 0.1) is 0 Å². The second-order valence-electron chi connectivity index (χ2n) is 7.39. The number of carbonyl (C=O) groups is 2. The fourth-order valence-corrected chi connectivity index (χ4v) is 3.11. The zero-order valence-electron chi connectivity index (χ0n) is 16.0. The van der Waals surface area contributed by atoms with E-state index in [-0.39, 0.29) is 12.2 Å². The molecule has 1 heterocycles. The number of carbonyl (C=O) groups excluding carboxylic acids is 2. The quantitative estimate of drug-likeness (QED) is 0.862. The van der Waals surface area contributed by atoms with Crippen LogP contribution in [-0.4, -0.2) is 24.1 Å². The second kappa shape index (κ2) is 7.31. The number of amides is 3. The van der Waals surface area contributed by atoms with Crippen molar-refractivity contribution in [3.8, 4) is 11.5 Å². The Hall–Kier alpha value is -3.02. The Kier molecular flexibility index (Phi) is 5.08. The number of fused-ring (bicyclic) bond motifs is 1. The number of imide groups is 1. The summed E-state index contributed by atoms with van der Waals surface area (Å²) in [6, 6.07) is 10.7. The molecule has 0 fully saturated rings. The molecule has 1 aliphatic heterocycles. The van der Waals surface area contributed by atoms with Crippen molar-refractivity contribution in [2.75, 3.05) is 11.9 Å². The van der Waals surface area contributed by atoms with Crippen LogP contribution in [0.3, 0.4) is 0 Å². The first-order valence-corrected chi connectivity index (χ1v) is 8.85. The van der Waals surface area contributed by atoms with E-state index in [2.05, 4.69) is 10.6 Å². The van der Waals surface area contributed by atoms with Gasteiger partial charge < -0.3 is 14.8 Å². The molecule has 0 aromatic heterocycles. The van der Waals surface area contributed by atoms with E-state index in [4.69, 9.17) is 9.47 Å². The maximum atomic E-state index is 12.0. The van der Waals surface area contributed by atoms with E-state index in [0.29, 0.717) is 17.2 Å². The Morgan fingerprint density at radius 2 is 1.96 bits per heavy atom. The van der Waals surface area contributed by atoms with Crippen LogP contribution in [0.25, 0.3) is 0 Å². The van der Waals surface area contributed by atoms with E-state index >= 15 is 0 Å². The van der Waals surface area contributed by atoms with Gasteiger partial charge in [-0.3, -0.25) is 10.1 Å². The summed E-state index contributed by atoms with van der Waals surface area (Å²) in [6.45, 7) is 7.59. The number of anilines is 1. The van der Waals surface area contributed by atoms with E-state index in [9.17, 15) is 9.59 Å². The van der Waals surface area contributed by atoms with Crippen molar-refractivity contribution >= 4 is 17.6 Å². The van der Waals surface area contributed by atoms with E-state index in [0.717, 1.165) is 23.1 Å². The minimum absolute atomic E-state index is 0.277. The molecule has 142 valence electrons. The van der Waals surface area contributed by atoms with E-state index in [1.54, 1.807) is 12.1 Å². The predicted octanol–water partition coefficient (Wildman–Crippen LogP) is 3.74. The van der Waals surface area contributed by atoms with Gasteiger partial charge in [-0.2, -0.15) is 0 Å². The van der Waals surface area contributed by atoms with E-state index < -0.39 is 11.9 Å². The maximum absolute atomic E-state index is 12.0. The van der Waals surface area contributed by atoms with Gasteiger partial charge in [-0.15, -0.1) is 0 Å². The van der Waals surface area contributed by atoms with Crippen LogP contribution in [0.1, 0.15) is 30.5 Å². The van der Waals surface area contributed by atoms with Crippen LogP contribution < -0.4 is 20.1 Å². The highest BCUT2D eigenvalue weighted by Crippen LogP contribution is 2.41. The molecular weight excluding hydrogens is 344 g/mol. The van der Waals surface area contributed by atoms with Gasteiger partial charge in [0.25, 0.3) is 5.91 Å². The Bertz CT molecular complexity index is 890. The largest absolute Gasteiger partial charge is 0.483 e. The lowest BCUT2D eigenvalue weighted by atomic mass is 10.0. The molecule has 6 nitrogen and oxygen atoms in total. The molecule has 0 saturated carbocycles. The lowest BCUT2D eigenvalue weighted by Gasteiger charge is -2.18. The van der Waals surface area contributed by atoms with Crippen LogP contribution in [-0.2, 0) is 11.2 Å². The average Bonchev–Trinajstić information content (AvgIpc) is 2.90. The topological polar surface area (TPSA) is 76.7 Å². The monoisotopic (exact) mass is 368 g/mol. The van der Waals surface area contributed by atoms with Gasteiger partial charge in [0.1, 0.15) is 5.60 Å². The van der Waals surface area contributed by atoms with Crippen molar-refractivity contribution in [1.82, 2.24) is 5.32 Å². The van der Waals surface area contributed by atoms with Crippen molar-refractivity contribution in [2.24, 2.45) is 0 Å². The lowest BCUT2D eigenvalue weighted by molar-refractivity contribution is -0.121. The van der Waals surface area contributed by atoms with Crippen molar-refractivity contribution in [3.05, 3.63) is 53.1 Å². The number of aryl methyl sites for hydroxylation is 2. The smallest absolute Gasteiger partial charge is 0.325 e. The molecule has 3 amide bonds. The molecule has 0 atom stereocenters. The van der Waals surface area contributed by atoms with Crippen molar-refractivity contribution in [1.29, 1.82) is 0 Å². The highest BCUT2D eigenvalue weighted by atomic mass is 16.5. The highest BCUT2D eigenvalue weighted by Gasteiger charge is 2.32.